The molecular weight excluding hydrogens is 395 g/mol. The van der Waals surface area contributed by atoms with E-state index >= 15 is 0 Å². The Bertz CT molecular complexity index is 331. The molecule has 136 valence electrons. The van der Waals surface area contributed by atoms with Gasteiger partial charge in [0.15, 0.2) is 0 Å². The van der Waals surface area contributed by atoms with Gasteiger partial charge in [0.05, 0.1) is 0 Å². The van der Waals surface area contributed by atoms with Crippen molar-refractivity contribution in [2.75, 3.05) is 7.11 Å². The molecule has 1 N–H and O–H groups in total. The number of methoxy groups -OCH3 is 1. The van der Waals surface area contributed by atoms with E-state index in [1.54, 1.807) is 0 Å². The van der Waals surface area contributed by atoms with Crippen LogP contribution in [0.3, 0.4) is 0 Å². The molecule has 0 amide bonds. The molecule has 0 rings (SSSR count). The van der Waals surface area contributed by atoms with E-state index in [1.165, 1.54) is 62.5 Å². The fourth-order valence-corrected chi connectivity index (χ4v) is 19.2. The first-order chi connectivity index (χ1) is 11.0. The van der Waals surface area contributed by atoms with Crippen molar-refractivity contribution < 1.29 is 14.6 Å². The molecular formula is C19H38O3Sn. The van der Waals surface area contributed by atoms with Crippen LogP contribution in [0, 0.1) is 0 Å². The van der Waals surface area contributed by atoms with Crippen molar-refractivity contribution in [3.8, 4) is 0 Å². The summed E-state index contributed by atoms with van der Waals surface area (Å²) in [5, 5.41) is 10.2. The first-order valence-electron chi connectivity index (χ1n) is 9.39. The van der Waals surface area contributed by atoms with Gasteiger partial charge < -0.3 is 0 Å². The minimum atomic E-state index is -2.42. The molecule has 0 aliphatic carbocycles. The zero-order valence-electron chi connectivity index (χ0n) is 16.0. The molecule has 0 aromatic carbocycles. The van der Waals surface area contributed by atoms with Gasteiger partial charge in [0.1, 0.15) is 0 Å². The maximum atomic E-state index is 11.4. The Labute approximate surface area is 147 Å². The van der Waals surface area contributed by atoms with Crippen molar-refractivity contribution in [1.82, 2.24) is 0 Å². The molecule has 23 heavy (non-hydrogen) atoms. The molecule has 3 nitrogen and oxygen atoms in total. The number of carbonyl (C=O) groups excluding carboxylic acids is 1. The summed E-state index contributed by atoms with van der Waals surface area (Å²) in [6.45, 7) is 9.03. The number of aliphatic hydroxyl groups excluding tert-OH is 1. The average molecular weight is 433 g/mol. The van der Waals surface area contributed by atoms with Gasteiger partial charge in [-0.15, -0.1) is 0 Å². The Balaban J connectivity index is 5.26. The molecule has 0 aromatic rings. The topological polar surface area (TPSA) is 46.5 Å². The second kappa shape index (κ2) is 13.3. The van der Waals surface area contributed by atoms with Gasteiger partial charge >= 0.3 is 148 Å². The fourth-order valence-electron chi connectivity index (χ4n) is 3.29. The van der Waals surface area contributed by atoms with Gasteiger partial charge in [-0.3, -0.25) is 0 Å². The van der Waals surface area contributed by atoms with Gasteiger partial charge in [-0.25, -0.2) is 0 Å². The van der Waals surface area contributed by atoms with E-state index in [9.17, 15) is 9.90 Å². The van der Waals surface area contributed by atoms with Gasteiger partial charge in [0.25, 0.3) is 0 Å². The number of carbonyl (C=O) groups is 1. The molecule has 0 aliphatic heterocycles. The monoisotopic (exact) mass is 434 g/mol. The molecule has 0 radical (unpaired) electrons. The SMILES string of the molecule is CCC[CH2][Sn]([CH2]CCC)([CH2]CCC)/[C](C)=C/[C@H](O)CC(=O)OC. The molecule has 0 spiro atoms. The van der Waals surface area contributed by atoms with E-state index in [0.717, 1.165) is 0 Å². The van der Waals surface area contributed by atoms with Crippen LogP contribution in [-0.2, 0) is 9.53 Å². The first-order valence-corrected chi connectivity index (χ1v) is 16.9. The van der Waals surface area contributed by atoms with Crippen LogP contribution in [0.2, 0.25) is 13.3 Å². The zero-order chi connectivity index (χ0) is 17.7. The second-order valence-electron chi connectivity index (χ2n) is 6.79. The van der Waals surface area contributed by atoms with E-state index in [-0.39, 0.29) is 12.4 Å². The van der Waals surface area contributed by atoms with Crippen LogP contribution in [0.25, 0.3) is 0 Å². The van der Waals surface area contributed by atoms with Gasteiger partial charge in [-0.05, 0) is 0 Å². The van der Waals surface area contributed by atoms with E-state index in [4.69, 9.17) is 0 Å². The van der Waals surface area contributed by atoms with Crippen molar-refractivity contribution in [3.05, 3.63) is 9.67 Å². The van der Waals surface area contributed by atoms with Crippen molar-refractivity contribution in [2.24, 2.45) is 0 Å². The van der Waals surface area contributed by atoms with Crippen LogP contribution in [0.15, 0.2) is 9.67 Å². The third kappa shape index (κ3) is 9.13. The molecule has 0 fully saturated rings. The molecule has 4 heteroatoms. The molecule has 0 saturated carbocycles. The summed E-state index contributed by atoms with van der Waals surface area (Å²) in [6, 6.07) is 0. The fraction of sp³-hybridized carbons (Fsp3) is 0.842. The Morgan fingerprint density at radius 2 is 1.48 bits per heavy atom. The van der Waals surface area contributed by atoms with Gasteiger partial charge in [-0.1, -0.05) is 0 Å². The number of hydrogen-bond acceptors (Lipinski definition) is 3. The van der Waals surface area contributed by atoms with Crippen molar-refractivity contribution >= 4 is 24.3 Å². The number of hydrogen-bond donors (Lipinski definition) is 1. The predicted octanol–water partition coefficient (Wildman–Crippen LogP) is 5.25. The Hall–Kier alpha value is -0.0313. The van der Waals surface area contributed by atoms with Crippen LogP contribution >= 0.6 is 0 Å². The molecule has 1 atom stereocenters. The summed E-state index contributed by atoms with van der Waals surface area (Å²) in [7, 11) is 1.37. The third-order valence-electron chi connectivity index (χ3n) is 4.91. The Kier molecular flexibility index (Phi) is 13.3. The third-order valence-corrected chi connectivity index (χ3v) is 21.4. The molecule has 0 aliphatic rings. The Morgan fingerprint density at radius 3 is 1.83 bits per heavy atom. The van der Waals surface area contributed by atoms with Crippen molar-refractivity contribution in [1.29, 1.82) is 0 Å². The van der Waals surface area contributed by atoms with Gasteiger partial charge in [0.2, 0.25) is 0 Å². The van der Waals surface area contributed by atoms with Crippen LogP contribution in [0.4, 0.5) is 0 Å². The average Bonchev–Trinajstić information content (AvgIpc) is 2.54. The standard InChI is InChI=1S/C7H11O3.3C4H9.Sn/c1-3-4-6(8)5-7(9)10-2;3*1-3-4-2;/h4,6,8H,5H2,1-2H3;3*1,3-4H2,2H3;/t6-;;;;/m0..../s1. The number of ether oxygens (including phenoxy) is 1. The van der Waals surface area contributed by atoms with E-state index in [1.807, 2.05) is 6.08 Å². The number of allylic oxidation sites excluding steroid dienone is 1. The molecule has 0 aromatic heterocycles. The minimum absolute atomic E-state index is 0.0745. The van der Waals surface area contributed by atoms with E-state index in [0.29, 0.717) is 0 Å². The van der Waals surface area contributed by atoms with Gasteiger partial charge in [-0.2, -0.15) is 0 Å². The zero-order valence-corrected chi connectivity index (χ0v) is 18.8. The van der Waals surface area contributed by atoms with Crippen LogP contribution in [0.1, 0.15) is 72.6 Å². The summed E-state index contributed by atoms with van der Waals surface area (Å²) in [5.74, 6) is -0.335. The van der Waals surface area contributed by atoms with Crippen LogP contribution in [0.5, 0.6) is 0 Å². The maximum absolute atomic E-state index is 11.4. The van der Waals surface area contributed by atoms with Crippen molar-refractivity contribution in [2.45, 2.75) is 92.1 Å². The normalized spacial score (nSPS) is 13.9. The summed E-state index contributed by atoms with van der Waals surface area (Å²) in [4.78, 5) is 11.4. The number of rotatable bonds is 13. The number of aliphatic hydroxyl groups is 1. The molecule has 0 unspecified atom stereocenters. The summed E-state index contributed by atoms with van der Waals surface area (Å²) in [5.41, 5.74) is 0. The summed E-state index contributed by atoms with van der Waals surface area (Å²) in [6.07, 6.45) is 9.03. The molecule has 0 bridgehead atoms. The Morgan fingerprint density at radius 1 is 1.04 bits per heavy atom. The molecule has 0 heterocycles. The number of unbranched alkanes of at least 4 members (excludes halogenated alkanes) is 3. The molecule has 0 saturated heterocycles. The van der Waals surface area contributed by atoms with Gasteiger partial charge in [0, 0.05) is 0 Å². The summed E-state index contributed by atoms with van der Waals surface area (Å²) >= 11 is -2.42. The first kappa shape index (κ1) is 23.0. The second-order valence-corrected chi connectivity index (χ2v) is 20.6. The predicted molar refractivity (Wildman–Crippen MR) is 101 cm³/mol. The van der Waals surface area contributed by atoms with E-state index in [2.05, 4.69) is 32.4 Å². The van der Waals surface area contributed by atoms with Crippen LogP contribution in [-0.4, -0.2) is 42.7 Å². The van der Waals surface area contributed by atoms with Crippen molar-refractivity contribution in [3.63, 3.8) is 0 Å². The quantitative estimate of drug-likeness (QED) is 0.319. The number of esters is 1. The van der Waals surface area contributed by atoms with E-state index < -0.39 is 24.5 Å². The summed E-state index contributed by atoms with van der Waals surface area (Å²) < 4.78 is 10.3. The van der Waals surface area contributed by atoms with Crippen LogP contribution < -0.4 is 0 Å².